The fourth-order valence-electron chi connectivity index (χ4n) is 2.42. The maximum absolute atomic E-state index is 4.02. The SMILES string of the molecule is Cc1[cH-]c(C)c(C)c1C.[CH2-]CP(CC(C)C)CC(C)C.[Cl-].[Cl-].[Ti+4]. The molecule has 1 rings (SSSR count). The summed E-state index contributed by atoms with van der Waals surface area (Å²) >= 11 is 0. The van der Waals surface area contributed by atoms with Gasteiger partial charge in [0.05, 0.1) is 0 Å². The van der Waals surface area contributed by atoms with E-state index in [9.17, 15) is 0 Å². The van der Waals surface area contributed by atoms with Crippen molar-refractivity contribution >= 4 is 7.92 Å². The van der Waals surface area contributed by atoms with Gasteiger partial charge in [0.2, 0.25) is 0 Å². The van der Waals surface area contributed by atoms with E-state index in [1.54, 1.807) is 0 Å². The summed E-state index contributed by atoms with van der Waals surface area (Å²) in [5.41, 5.74) is 5.75. The molecule has 4 heteroatoms. The second-order valence-electron chi connectivity index (χ2n) is 6.81. The smallest absolute Gasteiger partial charge is 1.00 e. The molecule has 0 amide bonds. The van der Waals surface area contributed by atoms with Crippen LogP contribution in [0.25, 0.3) is 0 Å². The largest absolute Gasteiger partial charge is 4.00 e. The van der Waals surface area contributed by atoms with Crippen LogP contribution in [0.5, 0.6) is 0 Å². The number of hydrogen-bond acceptors (Lipinski definition) is 0. The molecular formula is C19H35Cl2PTi. The molecule has 0 aliphatic rings. The topological polar surface area (TPSA) is 0 Å². The van der Waals surface area contributed by atoms with Crippen LogP contribution in [0.3, 0.4) is 0 Å². The fraction of sp³-hybridized carbons (Fsp3) is 0.684. The third kappa shape index (κ3) is 14.0. The molecule has 0 unspecified atom stereocenters. The predicted octanol–water partition coefficient (Wildman–Crippen LogP) is 0.259. The van der Waals surface area contributed by atoms with E-state index in [0.717, 1.165) is 11.8 Å². The first-order valence-corrected chi connectivity index (χ1v) is 9.80. The van der Waals surface area contributed by atoms with E-state index < -0.39 is 0 Å². The monoisotopic (exact) mass is 412 g/mol. The summed E-state index contributed by atoms with van der Waals surface area (Å²) in [6.07, 6.45) is 4.00. The molecule has 23 heavy (non-hydrogen) atoms. The van der Waals surface area contributed by atoms with Crippen molar-refractivity contribution in [1.82, 2.24) is 0 Å². The van der Waals surface area contributed by atoms with Crippen molar-refractivity contribution in [3.8, 4) is 0 Å². The molecule has 0 saturated heterocycles. The summed E-state index contributed by atoms with van der Waals surface area (Å²) in [5.74, 6) is 1.73. The summed E-state index contributed by atoms with van der Waals surface area (Å²) in [5, 5.41) is 0. The zero-order chi connectivity index (χ0) is 15.9. The van der Waals surface area contributed by atoms with Gasteiger partial charge in [0.25, 0.3) is 0 Å². The van der Waals surface area contributed by atoms with E-state index >= 15 is 0 Å². The van der Waals surface area contributed by atoms with Crippen LogP contribution >= 0.6 is 7.92 Å². The number of aryl methyl sites for hydroxylation is 2. The van der Waals surface area contributed by atoms with Crippen molar-refractivity contribution in [1.29, 1.82) is 0 Å². The Morgan fingerprint density at radius 1 is 0.826 bits per heavy atom. The molecule has 0 nitrogen and oxygen atoms in total. The average Bonchev–Trinajstić information content (AvgIpc) is 2.55. The van der Waals surface area contributed by atoms with Gasteiger partial charge < -0.3 is 31.7 Å². The molecule has 1 aromatic carbocycles. The van der Waals surface area contributed by atoms with Gasteiger partial charge in [0.1, 0.15) is 0 Å². The third-order valence-corrected chi connectivity index (χ3v) is 6.87. The molecule has 0 aromatic heterocycles. The van der Waals surface area contributed by atoms with Gasteiger partial charge in [-0.25, -0.2) is 0 Å². The maximum atomic E-state index is 4.02. The zero-order valence-electron chi connectivity index (χ0n) is 16.3. The summed E-state index contributed by atoms with van der Waals surface area (Å²) in [6.45, 7) is 21.9. The van der Waals surface area contributed by atoms with Crippen molar-refractivity contribution in [3.63, 3.8) is 0 Å². The van der Waals surface area contributed by atoms with Crippen molar-refractivity contribution < 1.29 is 46.5 Å². The standard InChI is InChI=1S/C10H22P.C9H13.2ClH.Ti/c1-6-11(7-9(2)3)8-10(4)5;1-6-5-7(2)9(4)8(6)3;;;/h9-10H,1,6-8H2,2-5H3;5H,1-4H3;2*1H;/q2*-1;;;+4/p-2. The minimum atomic E-state index is 0. The van der Waals surface area contributed by atoms with Crippen LogP contribution in [0, 0.1) is 46.5 Å². The molecule has 0 heterocycles. The van der Waals surface area contributed by atoms with E-state index in [-0.39, 0.29) is 54.5 Å². The van der Waals surface area contributed by atoms with Crippen molar-refractivity contribution in [2.75, 3.05) is 18.5 Å². The first kappa shape index (κ1) is 31.8. The van der Waals surface area contributed by atoms with Crippen LogP contribution in [0.15, 0.2) is 6.07 Å². The summed E-state index contributed by atoms with van der Waals surface area (Å²) < 4.78 is 0. The van der Waals surface area contributed by atoms with Crippen LogP contribution in [0.4, 0.5) is 0 Å². The minimum Gasteiger partial charge on any atom is -1.00 e. The summed E-state index contributed by atoms with van der Waals surface area (Å²) in [6, 6.07) is 2.24. The van der Waals surface area contributed by atoms with E-state index in [2.05, 4.69) is 68.4 Å². The number of rotatable bonds is 5. The molecular weight excluding hydrogens is 378 g/mol. The fourth-order valence-corrected chi connectivity index (χ4v) is 5.00. The Morgan fingerprint density at radius 2 is 1.13 bits per heavy atom. The molecule has 0 radical (unpaired) electrons. The van der Waals surface area contributed by atoms with E-state index in [4.69, 9.17) is 0 Å². The normalized spacial score (nSPS) is 9.74. The van der Waals surface area contributed by atoms with Gasteiger partial charge in [0.15, 0.2) is 0 Å². The molecule has 0 saturated carbocycles. The Kier molecular flexibility index (Phi) is 22.9. The van der Waals surface area contributed by atoms with Crippen LogP contribution < -0.4 is 24.8 Å². The Morgan fingerprint density at radius 3 is 1.26 bits per heavy atom. The quantitative estimate of drug-likeness (QED) is 0.369. The van der Waals surface area contributed by atoms with Gasteiger partial charge in [-0.2, -0.15) is 34.5 Å². The van der Waals surface area contributed by atoms with Crippen molar-refractivity contribution in [2.45, 2.75) is 55.4 Å². The van der Waals surface area contributed by atoms with Crippen molar-refractivity contribution in [3.05, 3.63) is 35.2 Å². The van der Waals surface area contributed by atoms with Gasteiger partial charge >= 0.3 is 21.7 Å². The van der Waals surface area contributed by atoms with Gasteiger partial charge in [-0.1, -0.05) is 55.4 Å². The average molecular weight is 413 g/mol. The zero-order valence-corrected chi connectivity index (χ0v) is 20.2. The maximum Gasteiger partial charge on any atom is 4.00 e. The molecule has 0 bridgehead atoms. The molecule has 0 aliphatic carbocycles. The predicted molar refractivity (Wildman–Crippen MR) is 97.5 cm³/mol. The first-order valence-electron chi connectivity index (χ1n) is 7.90. The molecule has 0 aliphatic heterocycles. The van der Waals surface area contributed by atoms with E-state index in [1.807, 2.05) is 0 Å². The van der Waals surface area contributed by atoms with Crippen LogP contribution in [0.1, 0.15) is 49.9 Å². The second-order valence-corrected chi connectivity index (χ2v) is 9.33. The summed E-state index contributed by atoms with van der Waals surface area (Å²) in [4.78, 5) is 0. The molecule has 134 valence electrons. The van der Waals surface area contributed by atoms with Crippen LogP contribution in [0.2, 0.25) is 0 Å². The molecule has 1 aromatic rings. The second kappa shape index (κ2) is 16.5. The Balaban J connectivity index is -0.000000140. The van der Waals surface area contributed by atoms with Crippen LogP contribution in [-0.2, 0) is 21.7 Å². The molecule has 0 atom stereocenters. The third-order valence-electron chi connectivity index (χ3n) is 3.74. The number of halogens is 2. The van der Waals surface area contributed by atoms with Gasteiger partial charge in [0, 0.05) is 0 Å². The Labute approximate surface area is 174 Å². The van der Waals surface area contributed by atoms with Gasteiger partial charge in [-0.3, -0.25) is 0 Å². The molecule has 0 fully saturated rings. The molecule has 0 spiro atoms. The van der Waals surface area contributed by atoms with Gasteiger partial charge in [-0.15, -0.1) is 7.92 Å². The van der Waals surface area contributed by atoms with E-state index in [1.165, 1.54) is 40.7 Å². The first-order chi connectivity index (χ1) is 9.18. The van der Waals surface area contributed by atoms with Gasteiger partial charge in [-0.05, 0) is 24.2 Å². The minimum absolute atomic E-state index is 0. The molecule has 0 N–H and O–H groups in total. The van der Waals surface area contributed by atoms with Crippen LogP contribution in [-0.4, -0.2) is 18.5 Å². The Hall–Kier alpha value is 1.07. The van der Waals surface area contributed by atoms with E-state index in [0.29, 0.717) is 0 Å². The Bertz CT molecular complexity index is 354. The summed E-state index contributed by atoms with van der Waals surface area (Å²) in [7, 11) is 0.252. The number of hydrogen-bond donors (Lipinski definition) is 0. The van der Waals surface area contributed by atoms with Crippen molar-refractivity contribution in [2.24, 2.45) is 11.8 Å².